The van der Waals surface area contributed by atoms with Gasteiger partial charge in [-0.15, -0.1) is 0 Å². The monoisotopic (exact) mass is 271 g/mol. The van der Waals surface area contributed by atoms with E-state index >= 15 is 0 Å². The molecule has 2 rings (SSSR count). The molecule has 0 amide bonds. The minimum absolute atomic E-state index is 0.260. The fraction of sp³-hybridized carbons (Fsp3) is 0.417. The first kappa shape index (κ1) is 12.8. The standard InChI is InChI=1S/C12H14ClNO4/c1-16-10-6-11(17-2)9(5-7(10)13)14-8-3-4-18-12(8)15/h5-6,8,14H,3-4H2,1-2H3/t8-/m1/s1. The van der Waals surface area contributed by atoms with Crippen molar-refractivity contribution in [3.63, 3.8) is 0 Å². The number of cyclic esters (lactones) is 1. The van der Waals surface area contributed by atoms with Crippen LogP contribution in [0.2, 0.25) is 5.02 Å². The van der Waals surface area contributed by atoms with Crippen molar-refractivity contribution in [3.8, 4) is 11.5 Å². The van der Waals surface area contributed by atoms with Crippen LogP contribution in [0.3, 0.4) is 0 Å². The molecule has 0 saturated carbocycles. The highest BCUT2D eigenvalue weighted by Gasteiger charge is 2.27. The molecule has 0 spiro atoms. The Morgan fingerprint density at radius 1 is 1.33 bits per heavy atom. The average Bonchev–Trinajstić information content (AvgIpc) is 2.75. The molecule has 1 N–H and O–H groups in total. The van der Waals surface area contributed by atoms with Gasteiger partial charge in [-0.1, -0.05) is 11.6 Å². The van der Waals surface area contributed by atoms with Gasteiger partial charge in [0.15, 0.2) is 0 Å². The van der Waals surface area contributed by atoms with Crippen LogP contribution in [0.15, 0.2) is 12.1 Å². The van der Waals surface area contributed by atoms with Crippen LogP contribution in [-0.4, -0.2) is 32.8 Å². The van der Waals surface area contributed by atoms with E-state index in [1.54, 1.807) is 19.2 Å². The lowest BCUT2D eigenvalue weighted by molar-refractivity contribution is -0.138. The summed E-state index contributed by atoms with van der Waals surface area (Å²) in [5, 5.41) is 3.51. The van der Waals surface area contributed by atoms with E-state index in [-0.39, 0.29) is 12.0 Å². The number of carbonyl (C=O) groups excluding carboxylic acids is 1. The third-order valence-electron chi connectivity index (χ3n) is 2.74. The lowest BCUT2D eigenvalue weighted by Crippen LogP contribution is -2.24. The van der Waals surface area contributed by atoms with Crippen LogP contribution in [-0.2, 0) is 9.53 Å². The number of benzene rings is 1. The number of nitrogens with one attached hydrogen (secondary N) is 1. The van der Waals surface area contributed by atoms with E-state index in [4.69, 9.17) is 25.8 Å². The maximum Gasteiger partial charge on any atom is 0.328 e. The average molecular weight is 272 g/mol. The fourth-order valence-corrected chi connectivity index (χ4v) is 2.03. The van der Waals surface area contributed by atoms with Gasteiger partial charge in [0.2, 0.25) is 0 Å². The number of halogens is 1. The molecule has 1 aromatic carbocycles. The Morgan fingerprint density at radius 3 is 2.61 bits per heavy atom. The highest BCUT2D eigenvalue weighted by molar-refractivity contribution is 6.32. The van der Waals surface area contributed by atoms with Crippen LogP contribution in [0.1, 0.15) is 6.42 Å². The normalized spacial score (nSPS) is 18.4. The number of carbonyl (C=O) groups is 1. The van der Waals surface area contributed by atoms with Gasteiger partial charge in [0, 0.05) is 12.5 Å². The Balaban J connectivity index is 2.26. The molecule has 0 aliphatic carbocycles. The summed E-state index contributed by atoms with van der Waals surface area (Å²) in [6.45, 7) is 0.433. The molecule has 1 aliphatic rings. The Kier molecular flexibility index (Phi) is 3.81. The minimum Gasteiger partial charge on any atom is -0.495 e. The van der Waals surface area contributed by atoms with Crippen molar-refractivity contribution < 1.29 is 19.0 Å². The molecule has 0 unspecified atom stereocenters. The predicted molar refractivity (Wildman–Crippen MR) is 67.5 cm³/mol. The van der Waals surface area contributed by atoms with Gasteiger partial charge < -0.3 is 19.5 Å². The number of methoxy groups -OCH3 is 2. The molecule has 6 heteroatoms. The quantitative estimate of drug-likeness (QED) is 0.850. The van der Waals surface area contributed by atoms with Crippen LogP contribution in [0.4, 0.5) is 5.69 Å². The highest BCUT2D eigenvalue weighted by Crippen LogP contribution is 2.36. The zero-order valence-electron chi connectivity index (χ0n) is 10.2. The molecule has 0 radical (unpaired) electrons. The van der Waals surface area contributed by atoms with Gasteiger partial charge in [0.25, 0.3) is 0 Å². The van der Waals surface area contributed by atoms with Crippen LogP contribution in [0.25, 0.3) is 0 Å². The summed E-state index contributed by atoms with van der Waals surface area (Å²) in [6, 6.07) is 2.99. The molecule has 18 heavy (non-hydrogen) atoms. The maximum atomic E-state index is 11.4. The van der Waals surface area contributed by atoms with Crippen molar-refractivity contribution in [2.24, 2.45) is 0 Å². The van der Waals surface area contributed by atoms with Gasteiger partial charge in [-0.05, 0) is 6.07 Å². The summed E-state index contributed by atoms with van der Waals surface area (Å²) < 4.78 is 15.2. The molecule has 98 valence electrons. The predicted octanol–water partition coefficient (Wildman–Crippen LogP) is 2.08. The van der Waals surface area contributed by atoms with E-state index in [2.05, 4.69) is 5.32 Å². The first-order chi connectivity index (χ1) is 8.65. The van der Waals surface area contributed by atoms with Crippen LogP contribution in [0, 0.1) is 0 Å². The summed E-state index contributed by atoms with van der Waals surface area (Å²) in [7, 11) is 3.07. The van der Waals surface area contributed by atoms with Crippen molar-refractivity contribution in [1.29, 1.82) is 0 Å². The number of esters is 1. The molecule has 1 heterocycles. The molecular formula is C12H14ClNO4. The van der Waals surface area contributed by atoms with E-state index in [0.717, 1.165) is 0 Å². The summed E-state index contributed by atoms with van der Waals surface area (Å²) in [5.74, 6) is 0.827. The molecule has 5 nitrogen and oxygen atoms in total. The van der Waals surface area contributed by atoms with Gasteiger partial charge >= 0.3 is 5.97 Å². The molecule has 1 aliphatic heterocycles. The number of anilines is 1. The number of hydrogen-bond donors (Lipinski definition) is 1. The van der Waals surface area contributed by atoms with Gasteiger partial charge in [-0.25, -0.2) is 4.79 Å². The van der Waals surface area contributed by atoms with Crippen molar-refractivity contribution in [1.82, 2.24) is 0 Å². The highest BCUT2D eigenvalue weighted by atomic mass is 35.5. The van der Waals surface area contributed by atoms with Gasteiger partial charge in [0.05, 0.1) is 31.5 Å². The second-order valence-electron chi connectivity index (χ2n) is 3.84. The summed E-state index contributed by atoms with van der Waals surface area (Å²) >= 11 is 6.04. The Hall–Kier alpha value is -1.62. The van der Waals surface area contributed by atoms with Gasteiger partial charge in [-0.2, -0.15) is 0 Å². The second kappa shape index (κ2) is 5.35. The van der Waals surface area contributed by atoms with Crippen molar-refractivity contribution in [3.05, 3.63) is 17.2 Å². The summed E-state index contributed by atoms with van der Waals surface area (Å²) in [6.07, 6.45) is 0.631. The number of rotatable bonds is 4. The lowest BCUT2D eigenvalue weighted by Gasteiger charge is -2.15. The third-order valence-corrected chi connectivity index (χ3v) is 3.03. The molecule has 1 aromatic rings. The first-order valence-electron chi connectivity index (χ1n) is 5.50. The van der Waals surface area contributed by atoms with E-state index in [1.807, 2.05) is 0 Å². The molecule has 1 fully saturated rings. The Morgan fingerprint density at radius 2 is 2.06 bits per heavy atom. The minimum atomic E-state index is -0.358. The SMILES string of the molecule is COc1cc(OC)c(N[C@@H]2CCOC2=O)cc1Cl. The summed E-state index contributed by atoms with van der Waals surface area (Å²) in [4.78, 5) is 11.4. The topological polar surface area (TPSA) is 56.8 Å². The number of hydrogen-bond acceptors (Lipinski definition) is 5. The van der Waals surface area contributed by atoms with E-state index in [1.165, 1.54) is 7.11 Å². The van der Waals surface area contributed by atoms with Crippen molar-refractivity contribution >= 4 is 23.3 Å². The smallest absolute Gasteiger partial charge is 0.328 e. The number of ether oxygens (including phenoxy) is 3. The summed E-state index contributed by atoms with van der Waals surface area (Å²) in [5.41, 5.74) is 0.646. The van der Waals surface area contributed by atoms with E-state index < -0.39 is 0 Å². The molecule has 0 bridgehead atoms. The lowest BCUT2D eigenvalue weighted by atomic mass is 10.2. The Labute approximate surface area is 110 Å². The van der Waals surface area contributed by atoms with Gasteiger partial charge in [-0.3, -0.25) is 0 Å². The first-order valence-corrected chi connectivity index (χ1v) is 5.88. The van der Waals surface area contributed by atoms with Gasteiger partial charge in [0.1, 0.15) is 17.5 Å². The largest absolute Gasteiger partial charge is 0.495 e. The van der Waals surface area contributed by atoms with E-state index in [9.17, 15) is 4.79 Å². The van der Waals surface area contributed by atoms with E-state index in [0.29, 0.717) is 35.2 Å². The third kappa shape index (κ3) is 2.46. The Bertz CT molecular complexity index is 464. The molecule has 1 atom stereocenters. The van der Waals surface area contributed by atoms with Crippen LogP contribution < -0.4 is 14.8 Å². The zero-order chi connectivity index (χ0) is 13.1. The van der Waals surface area contributed by atoms with Crippen LogP contribution in [0.5, 0.6) is 11.5 Å². The molecular weight excluding hydrogens is 258 g/mol. The van der Waals surface area contributed by atoms with Crippen LogP contribution >= 0.6 is 11.6 Å². The fourth-order valence-electron chi connectivity index (χ4n) is 1.79. The zero-order valence-corrected chi connectivity index (χ0v) is 10.9. The van der Waals surface area contributed by atoms with Crippen molar-refractivity contribution in [2.75, 3.05) is 26.1 Å². The second-order valence-corrected chi connectivity index (χ2v) is 4.25. The molecule has 0 aromatic heterocycles. The maximum absolute atomic E-state index is 11.4. The molecule has 1 saturated heterocycles. The van der Waals surface area contributed by atoms with Crippen molar-refractivity contribution in [2.45, 2.75) is 12.5 Å².